The van der Waals surface area contributed by atoms with Gasteiger partial charge in [0.05, 0.1) is 5.75 Å². The minimum absolute atomic E-state index is 0.0706. The summed E-state index contributed by atoms with van der Waals surface area (Å²) in [6.07, 6.45) is 3.97. The first-order valence-corrected chi connectivity index (χ1v) is 9.79. The van der Waals surface area contributed by atoms with Crippen LogP contribution in [-0.2, 0) is 21.1 Å². The highest BCUT2D eigenvalue weighted by Crippen LogP contribution is 2.42. The number of nitrogens with zero attached hydrogens (tertiary/aromatic N) is 4. The molecule has 7 nitrogen and oxygen atoms in total. The number of carbonyl (C=O) groups excluding carboxylic acids is 1. The van der Waals surface area contributed by atoms with Crippen LogP contribution < -0.4 is 4.90 Å². The summed E-state index contributed by atoms with van der Waals surface area (Å²) < 4.78 is 22.4. The van der Waals surface area contributed by atoms with Gasteiger partial charge in [0.15, 0.2) is 0 Å². The van der Waals surface area contributed by atoms with Crippen molar-refractivity contribution in [1.29, 1.82) is 0 Å². The third-order valence-corrected chi connectivity index (χ3v) is 5.57. The maximum absolute atomic E-state index is 12.2. The molecule has 126 valence electrons. The van der Waals surface area contributed by atoms with Gasteiger partial charge in [0.1, 0.15) is 9.84 Å². The Morgan fingerprint density at radius 1 is 1.39 bits per heavy atom. The molecule has 1 aliphatic heterocycles. The first-order valence-electron chi connectivity index (χ1n) is 7.73. The summed E-state index contributed by atoms with van der Waals surface area (Å²) in [6, 6.07) is 0. The molecule has 0 bridgehead atoms. The third kappa shape index (κ3) is 3.31. The average Bonchev–Trinajstić information content (AvgIpc) is 3.00. The van der Waals surface area contributed by atoms with Gasteiger partial charge >= 0.3 is 0 Å². The molecule has 8 heteroatoms. The van der Waals surface area contributed by atoms with Gasteiger partial charge in [0.2, 0.25) is 11.9 Å². The zero-order valence-corrected chi connectivity index (χ0v) is 14.5. The normalized spacial score (nSPS) is 22.8. The molecule has 3 rings (SSSR count). The van der Waals surface area contributed by atoms with E-state index in [1.807, 2.05) is 25.2 Å². The van der Waals surface area contributed by atoms with Crippen LogP contribution in [0.1, 0.15) is 23.6 Å². The lowest BCUT2D eigenvalue weighted by atomic mass is 9.98. The molecule has 0 spiro atoms. The maximum Gasteiger partial charge on any atom is 0.224 e. The number of hydrogen-bond acceptors (Lipinski definition) is 6. The molecule has 1 amide bonds. The quantitative estimate of drug-likeness (QED) is 0.773. The lowest BCUT2D eigenvalue weighted by molar-refractivity contribution is -0.129. The SMILES string of the molecule is CN(C)c1ncc2c(n1)CC1CN(C(=O)CCS(C)(=O)=O)CC21. The molecular weight excluding hydrogens is 316 g/mol. The Kier molecular flexibility index (Phi) is 4.03. The number of amides is 1. The van der Waals surface area contributed by atoms with Gasteiger partial charge in [-0.1, -0.05) is 0 Å². The second-order valence-electron chi connectivity index (χ2n) is 6.72. The van der Waals surface area contributed by atoms with E-state index < -0.39 is 9.84 Å². The smallest absolute Gasteiger partial charge is 0.224 e. The Morgan fingerprint density at radius 3 is 2.78 bits per heavy atom. The first kappa shape index (κ1) is 16.2. The molecule has 1 fully saturated rings. The van der Waals surface area contributed by atoms with Crippen LogP contribution in [0, 0.1) is 5.92 Å². The fourth-order valence-corrected chi connectivity index (χ4v) is 3.96. The number of likely N-dealkylation sites (tertiary alicyclic amines) is 1. The van der Waals surface area contributed by atoms with Crippen molar-refractivity contribution in [3.8, 4) is 0 Å². The van der Waals surface area contributed by atoms with Gasteiger partial charge in [-0.05, 0) is 17.9 Å². The Bertz CT molecular complexity index is 732. The highest BCUT2D eigenvalue weighted by atomic mass is 32.2. The Labute approximate surface area is 136 Å². The van der Waals surface area contributed by atoms with Gasteiger partial charge < -0.3 is 9.80 Å². The van der Waals surface area contributed by atoms with Gasteiger partial charge in [-0.15, -0.1) is 0 Å². The molecule has 2 aliphatic rings. The van der Waals surface area contributed by atoms with Gasteiger partial charge in [-0.3, -0.25) is 4.79 Å². The van der Waals surface area contributed by atoms with Gasteiger partial charge in [-0.2, -0.15) is 0 Å². The van der Waals surface area contributed by atoms with Crippen molar-refractivity contribution in [1.82, 2.24) is 14.9 Å². The molecule has 0 saturated carbocycles. The van der Waals surface area contributed by atoms with E-state index in [4.69, 9.17) is 0 Å². The van der Waals surface area contributed by atoms with E-state index in [1.165, 1.54) is 0 Å². The van der Waals surface area contributed by atoms with Gasteiger partial charge in [0, 0.05) is 57.7 Å². The second-order valence-corrected chi connectivity index (χ2v) is 8.98. The van der Waals surface area contributed by atoms with Crippen LogP contribution in [0.15, 0.2) is 6.20 Å². The summed E-state index contributed by atoms with van der Waals surface area (Å²) >= 11 is 0. The minimum Gasteiger partial charge on any atom is -0.347 e. The van der Waals surface area contributed by atoms with E-state index in [0.717, 1.165) is 23.9 Å². The number of hydrogen-bond donors (Lipinski definition) is 0. The molecular formula is C15H22N4O3S. The molecule has 23 heavy (non-hydrogen) atoms. The van der Waals surface area contributed by atoms with E-state index >= 15 is 0 Å². The number of aromatic nitrogens is 2. The standard InChI is InChI=1S/C15H22N4O3S/c1-18(2)15-16-7-11-12-9-19(8-10(12)6-13(11)17-15)14(20)4-5-23(3,21)22/h7,10,12H,4-6,8-9H2,1-3H3. The van der Waals surface area contributed by atoms with Crippen molar-refractivity contribution >= 4 is 21.7 Å². The summed E-state index contributed by atoms with van der Waals surface area (Å²) in [5.74, 6) is 1.22. The lowest BCUT2D eigenvalue weighted by Crippen LogP contribution is -2.31. The Hall–Kier alpha value is -1.70. The van der Waals surface area contributed by atoms with Crippen molar-refractivity contribution in [3.63, 3.8) is 0 Å². The topological polar surface area (TPSA) is 83.5 Å². The van der Waals surface area contributed by atoms with Crippen LogP contribution in [0.4, 0.5) is 5.95 Å². The molecule has 2 unspecified atom stereocenters. The largest absolute Gasteiger partial charge is 0.347 e. The van der Waals surface area contributed by atoms with Crippen LogP contribution in [0.2, 0.25) is 0 Å². The Morgan fingerprint density at radius 2 is 2.13 bits per heavy atom. The number of fused-ring (bicyclic) bond motifs is 3. The predicted octanol–water partition coefficient (Wildman–Crippen LogP) is 0.0754. The highest BCUT2D eigenvalue weighted by Gasteiger charge is 2.42. The maximum atomic E-state index is 12.2. The van der Waals surface area contributed by atoms with Crippen LogP contribution in [0.5, 0.6) is 0 Å². The molecule has 1 aromatic rings. The number of anilines is 1. The van der Waals surface area contributed by atoms with E-state index in [-0.39, 0.29) is 24.0 Å². The van der Waals surface area contributed by atoms with Crippen molar-refractivity contribution in [3.05, 3.63) is 17.5 Å². The number of rotatable bonds is 4. The van der Waals surface area contributed by atoms with Crippen molar-refractivity contribution in [2.45, 2.75) is 18.8 Å². The summed E-state index contributed by atoms with van der Waals surface area (Å²) in [5.41, 5.74) is 2.22. The fourth-order valence-electron chi connectivity index (χ4n) is 3.42. The number of carbonyl (C=O) groups is 1. The molecule has 0 radical (unpaired) electrons. The van der Waals surface area contributed by atoms with Crippen LogP contribution in [0.3, 0.4) is 0 Å². The third-order valence-electron chi connectivity index (χ3n) is 4.62. The molecule has 1 aliphatic carbocycles. The molecule has 2 atom stereocenters. The Balaban J connectivity index is 1.68. The van der Waals surface area contributed by atoms with Crippen LogP contribution in [0.25, 0.3) is 0 Å². The summed E-state index contributed by atoms with van der Waals surface area (Å²) in [5, 5.41) is 0. The van der Waals surface area contributed by atoms with Crippen molar-refractivity contribution < 1.29 is 13.2 Å². The summed E-state index contributed by atoms with van der Waals surface area (Å²) in [6.45, 7) is 1.33. The first-order chi connectivity index (χ1) is 10.7. The van der Waals surface area contributed by atoms with Gasteiger partial charge in [0.25, 0.3) is 0 Å². The summed E-state index contributed by atoms with van der Waals surface area (Å²) in [4.78, 5) is 24.9. The van der Waals surface area contributed by atoms with Crippen molar-refractivity contribution in [2.24, 2.45) is 5.92 Å². The van der Waals surface area contributed by atoms with Crippen molar-refractivity contribution in [2.75, 3.05) is 44.1 Å². The molecule has 0 N–H and O–H groups in total. The van der Waals surface area contributed by atoms with Gasteiger partial charge in [-0.25, -0.2) is 18.4 Å². The van der Waals surface area contributed by atoms with E-state index in [2.05, 4.69) is 9.97 Å². The van der Waals surface area contributed by atoms with Crippen LogP contribution >= 0.6 is 0 Å². The summed E-state index contributed by atoms with van der Waals surface area (Å²) in [7, 11) is 0.732. The van der Waals surface area contributed by atoms with E-state index in [0.29, 0.717) is 25.0 Å². The molecule has 2 heterocycles. The lowest BCUT2D eigenvalue weighted by Gasteiger charge is -2.18. The molecule has 1 aromatic heterocycles. The average molecular weight is 338 g/mol. The predicted molar refractivity (Wildman–Crippen MR) is 87.2 cm³/mol. The highest BCUT2D eigenvalue weighted by molar-refractivity contribution is 7.90. The monoisotopic (exact) mass is 338 g/mol. The molecule has 1 saturated heterocycles. The van der Waals surface area contributed by atoms with E-state index in [9.17, 15) is 13.2 Å². The number of sulfone groups is 1. The van der Waals surface area contributed by atoms with E-state index in [1.54, 1.807) is 4.90 Å². The zero-order valence-electron chi connectivity index (χ0n) is 13.7. The molecule has 0 aromatic carbocycles. The fraction of sp³-hybridized carbons (Fsp3) is 0.667. The second kappa shape index (κ2) is 5.74. The zero-order chi connectivity index (χ0) is 16.8. The van der Waals surface area contributed by atoms with Crippen LogP contribution in [-0.4, -0.2) is 68.4 Å². The minimum atomic E-state index is -3.10.